The van der Waals surface area contributed by atoms with E-state index in [0.29, 0.717) is 6.61 Å². The molecule has 0 aliphatic carbocycles. The maximum atomic E-state index is 6.24. The van der Waals surface area contributed by atoms with Gasteiger partial charge in [-0.1, -0.05) is 66.2 Å². The molecule has 0 spiro atoms. The van der Waals surface area contributed by atoms with Gasteiger partial charge in [-0.05, 0) is 24.6 Å². The monoisotopic (exact) mass is 340 g/mol. The number of nitrogens with one attached hydrogen (secondary N) is 2. The molecule has 1 atom stereocenters. The van der Waals surface area contributed by atoms with Crippen LogP contribution in [0.15, 0.2) is 72.8 Å². The van der Waals surface area contributed by atoms with Crippen molar-refractivity contribution in [3.63, 3.8) is 0 Å². The van der Waals surface area contributed by atoms with Gasteiger partial charge in [0.2, 0.25) is 0 Å². The second-order valence-electron chi connectivity index (χ2n) is 6.82. The molecule has 0 bridgehead atoms. The molecule has 3 nitrogen and oxygen atoms in total. The quantitative estimate of drug-likeness (QED) is 0.485. The fraction of sp³-hybridized carbons (Fsp3) is 0.130. The summed E-state index contributed by atoms with van der Waals surface area (Å²) in [5, 5.41) is 4.78. The average molecular weight is 340 g/mol. The third kappa shape index (κ3) is 2.49. The van der Waals surface area contributed by atoms with E-state index in [1.807, 2.05) is 6.07 Å². The summed E-state index contributed by atoms with van der Waals surface area (Å²) in [6.45, 7) is 2.72. The molecule has 0 radical (unpaired) electrons. The highest BCUT2D eigenvalue weighted by molar-refractivity contribution is 5.91. The maximum absolute atomic E-state index is 6.24. The van der Waals surface area contributed by atoms with Crippen molar-refractivity contribution in [2.45, 2.75) is 19.8 Å². The van der Waals surface area contributed by atoms with Crippen LogP contribution in [-0.2, 0) is 11.3 Å². The zero-order valence-corrected chi connectivity index (χ0v) is 14.6. The standard InChI is InChI=1S/C23H20N2O/c1-15-11-12-19-17(13-15)14-26-23(25-19)21-18-9-5-6-10-20(18)24-22(21)16-7-3-2-4-8-16/h2-13,23-25H,14H2,1H3. The van der Waals surface area contributed by atoms with Crippen LogP contribution in [0.2, 0.25) is 0 Å². The smallest absolute Gasteiger partial charge is 0.157 e. The summed E-state index contributed by atoms with van der Waals surface area (Å²) in [6, 6.07) is 25.3. The summed E-state index contributed by atoms with van der Waals surface area (Å²) in [6.07, 6.45) is -0.184. The van der Waals surface area contributed by atoms with E-state index in [9.17, 15) is 0 Å². The molecule has 3 heteroatoms. The Balaban J connectivity index is 1.65. The SMILES string of the molecule is Cc1ccc2c(c1)COC(c1c(-c3ccccc3)[nH]c3ccccc13)N2. The molecule has 0 saturated carbocycles. The Kier molecular flexibility index (Phi) is 3.54. The predicted molar refractivity (Wildman–Crippen MR) is 106 cm³/mol. The molecular weight excluding hydrogens is 320 g/mol. The first-order valence-electron chi connectivity index (χ1n) is 8.93. The number of fused-ring (bicyclic) bond motifs is 2. The van der Waals surface area contributed by atoms with E-state index in [4.69, 9.17) is 4.74 Å². The number of hydrogen-bond donors (Lipinski definition) is 2. The molecule has 128 valence electrons. The van der Waals surface area contributed by atoms with Crippen molar-refractivity contribution in [1.82, 2.24) is 4.98 Å². The van der Waals surface area contributed by atoms with Gasteiger partial charge >= 0.3 is 0 Å². The lowest BCUT2D eigenvalue weighted by atomic mass is 10.0. The van der Waals surface area contributed by atoms with Crippen molar-refractivity contribution in [1.29, 1.82) is 0 Å². The first-order valence-corrected chi connectivity index (χ1v) is 8.93. The van der Waals surface area contributed by atoms with E-state index in [-0.39, 0.29) is 6.23 Å². The molecule has 0 saturated heterocycles. The Morgan fingerprint density at radius 2 is 1.73 bits per heavy atom. The van der Waals surface area contributed by atoms with Crippen LogP contribution in [0.1, 0.15) is 22.9 Å². The molecule has 1 aliphatic rings. The van der Waals surface area contributed by atoms with Gasteiger partial charge in [-0.3, -0.25) is 0 Å². The molecule has 4 aromatic rings. The summed E-state index contributed by atoms with van der Waals surface area (Å²) in [7, 11) is 0. The zero-order chi connectivity index (χ0) is 17.5. The number of aryl methyl sites for hydroxylation is 1. The topological polar surface area (TPSA) is 37.0 Å². The van der Waals surface area contributed by atoms with E-state index in [1.54, 1.807) is 0 Å². The minimum atomic E-state index is -0.184. The van der Waals surface area contributed by atoms with E-state index in [2.05, 4.69) is 84.0 Å². The Labute approximate surface area is 152 Å². The second-order valence-corrected chi connectivity index (χ2v) is 6.82. The Hall–Kier alpha value is -3.04. The van der Waals surface area contributed by atoms with Gasteiger partial charge in [-0.25, -0.2) is 0 Å². The summed E-state index contributed by atoms with van der Waals surface area (Å²) in [5.74, 6) is 0. The molecule has 26 heavy (non-hydrogen) atoms. The Morgan fingerprint density at radius 1 is 0.923 bits per heavy atom. The molecule has 2 heterocycles. The maximum Gasteiger partial charge on any atom is 0.157 e. The third-order valence-electron chi connectivity index (χ3n) is 5.02. The summed E-state index contributed by atoms with van der Waals surface area (Å²) in [4.78, 5) is 3.59. The van der Waals surface area contributed by atoms with Crippen LogP contribution in [0.4, 0.5) is 5.69 Å². The lowest BCUT2D eigenvalue weighted by Crippen LogP contribution is -2.21. The molecular formula is C23H20N2O. The number of para-hydroxylation sites is 1. The van der Waals surface area contributed by atoms with Crippen molar-refractivity contribution < 1.29 is 4.74 Å². The van der Waals surface area contributed by atoms with Gasteiger partial charge in [0.05, 0.1) is 12.3 Å². The average Bonchev–Trinajstić information content (AvgIpc) is 3.08. The predicted octanol–water partition coefficient (Wildman–Crippen LogP) is 5.78. The highest BCUT2D eigenvalue weighted by Crippen LogP contribution is 2.39. The lowest BCUT2D eigenvalue weighted by molar-refractivity contribution is 0.0519. The second kappa shape index (κ2) is 6.04. The van der Waals surface area contributed by atoms with Crippen LogP contribution in [0, 0.1) is 6.92 Å². The van der Waals surface area contributed by atoms with Gasteiger partial charge in [-0.2, -0.15) is 0 Å². The number of benzene rings is 3. The molecule has 5 rings (SSSR count). The summed E-state index contributed by atoms with van der Waals surface area (Å²) >= 11 is 0. The van der Waals surface area contributed by atoms with Gasteiger partial charge in [0.25, 0.3) is 0 Å². The molecule has 1 unspecified atom stereocenters. The number of aromatic nitrogens is 1. The fourth-order valence-corrected chi connectivity index (χ4v) is 3.76. The van der Waals surface area contributed by atoms with E-state index in [1.165, 1.54) is 22.1 Å². The van der Waals surface area contributed by atoms with Gasteiger partial charge in [-0.15, -0.1) is 0 Å². The number of hydrogen-bond acceptors (Lipinski definition) is 2. The van der Waals surface area contributed by atoms with Crippen molar-refractivity contribution in [3.8, 4) is 11.3 Å². The number of H-pyrrole nitrogens is 1. The van der Waals surface area contributed by atoms with Crippen LogP contribution >= 0.6 is 0 Å². The zero-order valence-electron chi connectivity index (χ0n) is 14.6. The van der Waals surface area contributed by atoms with E-state index >= 15 is 0 Å². The Morgan fingerprint density at radius 3 is 2.62 bits per heavy atom. The highest BCUT2D eigenvalue weighted by atomic mass is 16.5. The molecule has 3 aromatic carbocycles. The van der Waals surface area contributed by atoms with Crippen LogP contribution in [-0.4, -0.2) is 4.98 Å². The van der Waals surface area contributed by atoms with Crippen molar-refractivity contribution in [2.75, 3.05) is 5.32 Å². The minimum Gasteiger partial charge on any atom is -0.356 e. The highest BCUT2D eigenvalue weighted by Gasteiger charge is 2.26. The summed E-state index contributed by atoms with van der Waals surface area (Å²) in [5.41, 5.74) is 8.18. The molecule has 1 aromatic heterocycles. The first-order chi connectivity index (χ1) is 12.8. The number of ether oxygens (including phenoxy) is 1. The molecule has 2 N–H and O–H groups in total. The molecule has 0 amide bonds. The fourth-order valence-electron chi connectivity index (χ4n) is 3.76. The van der Waals surface area contributed by atoms with Gasteiger partial charge in [0, 0.05) is 27.7 Å². The third-order valence-corrected chi connectivity index (χ3v) is 5.02. The normalized spacial score (nSPS) is 16.3. The van der Waals surface area contributed by atoms with Crippen LogP contribution < -0.4 is 5.32 Å². The van der Waals surface area contributed by atoms with Crippen LogP contribution in [0.25, 0.3) is 22.2 Å². The van der Waals surface area contributed by atoms with Crippen LogP contribution in [0.3, 0.4) is 0 Å². The van der Waals surface area contributed by atoms with Crippen molar-refractivity contribution in [2.24, 2.45) is 0 Å². The lowest BCUT2D eigenvalue weighted by Gasteiger charge is -2.28. The van der Waals surface area contributed by atoms with Crippen molar-refractivity contribution in [3.05, 3.63) is 89.5 Å². The van der Waals surface area contributed by atoms with Crippen LogP contribution in [0.5, 0.6) is 0 Å². The van der Waals surface area contributed by atoms with Crippen molar-refractivity contribution >= 4 is 16.6 Å². The minimum absolute atomic E-state index is 0.184. The van der Waals surface area contributed by atoms with E-state index < -0.39 is 0 Å². The van der Waals surface area contributed by atoms with E-state index in [0.717, 1.165) is 22.5 Å². The molecule has 1 aliphatic heterocycles. The largest absolute Gasteiger partial charge is 0.356 e. The number of anilines is 1. The molecule has 0 fully saturated rings. The van der Waals surface area contributed by atoms with Gasteiger partial charge in [0.1, 0.15) is 0 Å². The Bertz CT molecular complexity index is 1080. The first kappa shape index (κ1) is 15.2. The summed E-state index contributed by atoms with van der Waals surface area (Å²) < 4.78 is 6.24. The van der Waals surface area contributed by atoms with Gasteiger partial charge in [0.15, 0.2) is 6.23 Å². The number of rotatable bonds is 2. The number of aromatic amines is 1. The van der Waals surface area contributed by atoms with Gasteiger partial charge < -0.3 is 15.0 Å².